The number of nitrogens with one attached hydrogen (secondary N) is 1. The van der Waals surface area contributed by atoms with Crippen molar-refractivity contribution in [1.29, 1.82) is 0 Å². The molecule has 0 aliphatic rings. The van der Waals surface area contributed by atoms with Gasteiger partial charge in [-0.3, -0.25) is 4.79 Å². The first-order valence-electron chi connectivity index (χ1n) is 5.52. The van der Waals surface area contributed by atoms with Crippen LogP contribution >= 0.6 is 0 Å². The third-order valence-electron chi connectivity index (χ3n) is 2.34. The molecule has 0 saturated heterocycles. The van der Waals surface area contributed by atoms with Crippen LogP contribution in [0.15, 0.2) is 0 Å². The summed E-state index contributed by atoms with van der Waals surface area (Å²) in [6.07, 6.45) is 4.13. The highest BCUT2D eigenvalue weighted by molar-refractivity contribution is 5.84. The number of aldehydes is 1. The first-order valence-corrected chi connectivity index (χ1v) is 5.52. The molecule has 0 amide bonds. The molecule has 0 aliphatic heterocycles. The molecular weight excluding hydrogens is 204 g/mol. The number of aromatic nitrogens is 2. The molecule has 1 aromatic heterocycles. The van der Waals surface area contributed by atoms with Crippen LogP contribution in [0.2, 0.25) is 0 Å². The van der Waals surface area contributed by atoms with Crippen LogP contribution in [0, 0.1) is 6.92 Å². The summed E-state index contributed by atoms with van der Waals surface area (Å²) in [5.74, 6) is 0.734. The van der Waals surface area contributed by atoms with Crippen LogP contribution < -0.4 is 11.1 Å². The molecule has 5 heteroatoms. The molecule has 0 radical (unpaired) electrons. The molecule has 0 spiro atoms. The first kappa shape index (κ1) is 12.4. The summed E-state index contributed by atoms with van der Waals surface area (Å²) in [5, 5.41) is 3.12. The fourth-order valence-electron chi connectivity index (χ4n) is 1.46. The smallest absolute Gasteiger partial charge is 0.222 e. The van der Waals surface area contributed by atoms with Gasteiger partial charge in [-0.15, -0.1) is 0 Å². The lowest BCUT2D eigenvalue weighted by Crippen LogP contribution is -2.10. The van der Waals surface area contributed by atoms with E-state index < -0.39 is 0 Å². The van der Waals surface area contributed by atoms with Crippen molar-refractivity contribution in [2.24, 2.45) is 0 Å². The fourth-order valence-corrected chi connectivity index (χ4v) is 1.46. The van der Waals surface area contributed by atoms with Crippen LogP contribution in [0.1, 0.15) is 42.2 Å². The zero-order chi connectivity index (χ0) is 12.0. The molecule has 0 aromatic carbocycles. The van der Waals surface area contributed by atoms with Gasteiger partial charge in [0.05, 0.1) is 11.3 Å². The van der Waals surface area contributed by atoms with E-state index in [4.69, 9.17) is 5.73 Å². The molecule has 0 aliphatic carbocycles. The van der Waals surface area contributed by atoms with Gasteiger partial charge in [0, 0.05) is 6.54 Å². The van der Waals surface area contributed by atoms with Gasteiger partial charge in [-0.25, -0.2) is 4.98 Å². The lowest BCUT2D eigenvalue weighted by molar-refractivity contribution is 0.112. The van der Waals surface area contributed by atoms with E-state index in [0.717, 1.165) is 32.1 Å². The largest absolute Gasteiger partial charge is 0.369 e. The van der Waals surface area contributed by atoms with E-state index in [2.05, 4.69) is 22.2 Å². The number of carbonyl (C=O) groups is 1. The van der Waals surface area contributed by atoms with Gasteiger partial charge in [0.25, 0.3) is 0 Å². The standard InChI is InChI=1S/C11H18N4O/c1-3-4-5-6-13-10-9(7-16)8(2)14-11(12)15-10/h7H,3-6H2,1-2H3,(H3,12,13,14,15). The molecule has 1 aromatic rings. The van der Waals surface area contributed by atoms with Gasteiger partial charge in [-0.1, -0.05) is 19.8 Å². The Labute approximate surface area is 95.5 Å². The monoisotopic (exact) mass is 222 g/mol. The van der Waals surface area contributed by atoms with E-state index in [1.165, 1.54) is 0 Å². The first-order chi connectivity index (χ1) is 7.69. The molecule has 0 fully saturated rings. The number of anilines is 2. The summed E-state index contributed by atoms with van der Waals surface area (Å²) in [6, 6.07) is 0. The Bertz CT molecular complexity index is 365. The molecule has 1 heterocycles. The summed E-state index contributed by atoms with van der Waals surface area (Å²) in [6.45, 7) is 4.69. The average Bonchev–Trinajstić information content (AvgIpc) is 2.24. The molecule has 0 saturated carbocycles. The maximum atomic E-state index is 10.9. The van der Waals surface area contributed by atoms with Crippen molar-refractivity contribution in [3.63, 3.8) is 0 Å². The summed E-state index contributed by atoms with van der Waals surface area (Å²) in [4.78, 5) is 18.9. The molecule has 3 N–H and O–H groups in total. The maximum Gasteiger partial charge on any atom is 0.222 e. The Morgan fingerprint density at radius 3 is 2.75 bits per heavy atom. The number of nitrogens with two attached hydrogens (primary N) is 1. The predicted molar refractivity (Wildman–Crippen MR) is 64.6 cm³/mol. The Morgan fingerprint density at radius 1 is 1.38 bits per heavy atom. The minimum atomic E-state index is 0.195. The van der Waals surface area contributed by atoms with Crippen molar-refractivity contribution in [1.82, 2.24) is 9.97 Å². The third kappa shape index (κ3) is 3.18. The van der Waals surface area contributed by atoms with E-state index in [1.807, 2.05) is 0 Å². The van der Waals surface area contributed by atoms with Crippen molar-refractivity contribution in [3.05, 3.63) is 11.3 Å². The zero-order valence-corrected chi connectivity index (χ0v) is 9.79. The van der Waals surface area contributed by atoms with Crippen LogP contribution in [0.5, 0.6) is 0 Å². The predicted octanol–water partition coefficient (Wildman–Crippen LogP) is 1.78. The Kier molecular flexibility index (Phi) is 4.69. The Morgan fingerprint density at radius 2 is 2.12 bits per heavy atom. The minimum absolute atomic E-state index is 0.195. The zero-order valence-electron chi connectivity index (χ0n) is 9.79. The molecule has 88 valence electrons. The molecule has 0 bridgehead atoms. The second-order valence-electron chi connectivity index (χ2n) is 3.68. The van der Waals surface area contributed by atoms with Crippen LogP contribution in [-0.2, 0) is 0 Å². The van der Waals surface area contributed by atoms with Crippen molar-refractivity contribution in [3.8, 4) is 0 Å². The van der Waals surface area contributed by atoms with Crippen LogP contribution in [0.25, 0.3) is 0 Å². The maximum absolute atomic E-state index is 10.9. The van der Waals surface area contributed by atoms with Gasteiger partial charge in [0.15, 0.2) is 6.29 Å². The lowest BCUT2D eigenvalue weighted by Gasteiger charge is -2.09. The van der Waals surface area contributed by atoms with Gasteiger partial charge < -0.3 is 11.1 Å². The fraction of sp³-hybridized carbons (Fsp3) is 0.545. The van der Waals surface area contributed by atoms with Crippen molar-refractivity contribution >= 4 is 18.1 Å². The van der Waals surface area contributed by atoms with Gasteiger partial charge in [0.1, 0.15) is 5.82 Å². The molecule has 0 unspecified atom stereocenters. The van der Waals surface area contributed by atoms with Gasteiger partial charge in [0.2, 0.25) is 5.95 Å². The second kappa shape index (κ2) is 6.05. The van der Waals surface area contributed by atoms with Gasteiger partial charge in [-0.2, -0.15) is 4.98 Å². The lowest BCUT2D eigenvalue weighted by atomic mass is 10.2. The van der Waals surface area contributed by atoms with Crippen molar-refractivity contribution in [2.45, 2.75) is 33.1 Å². The number of hydrogen-bond donors (Lipinski definition) is 2. The molecule has 5 nitrogen and oxygen atoms in total. The quantitative estimate of drug-likeness (QED) is 0.566. The number of carbonyl (C=O) groups excluding carboxylic acids is 1. The number of hydrogen-bond acceptors (Lipinski definition) is 5. The van der Waals surface area contributed by atoms with Gasteiger partial charge in [-0.05, 0) is 13.3 Å². The normalized spacial score (nSPS) is 10.1. The van der Waals surface area contributed by atoms with Crippen LogP contribution in [-0.4, -0.2) is 22.8 Å². The summed E-state index contributed by atoms with van der Waals surface area (Å²) in [5.41, 5.74) is 6.64. The number of nitrogens with zero attached hydrogens (tertiary/aromatic N) is 2. The third-order valence-corrected chi connectivity index (χ3v) is 2.34. The SMILES string of the molecule is CCCCCNc1nc(N)nc(C)c1C=O. The number of unbranched alkanes of at least 4 members (excludes halogenated alkanes) is 2. The summed E-state index contributed by atoms with van der Waals surface area (Å²) >= 11 is 0. The molecular formula is C11H18N4O. The topological polar surface area (TPSA) is 80.9 Å². The molecule has 0 atom stereocenters. The molecule has 16 heavy (non-hydrogen) atoms. The summed E-state index contributed by atoms with van der Waals surface area (Å²) in [7, 11) is 0. The number of rotatable bonds is 6. The van der Waals surface area contributed by atoms with Crippen molar-refractivity contribution < 1.29 is 4.79 Å². The van der Waals surface area contributed by atoms with Crippen LogP contribution in [0.4, 0.5) is 11.8 Å². The highest BCUT2D eigenvalue weighted by Gasteiger charge is 2.08. The second-order valence-corrected chi connectivity index (χ2v) is 3.68. The van der Waals surface area contributed by atoms with E-state index >= 15 is 0 Å². The Balaban J connectivity index is 2.73. The highest BCUT2D eigenvalue weighted by Crippen LogP contribution is 2.14. The number of nitrogen functional groups attached to an aromatic ring is 1. The highest BCUT2D eigenvalue weighted by atomic mass is 16.1. The van der Waals surface area contributed by atoms with E-state index in [0.29, 0.717) is 17.1 Å². The van der Waals surface area contributed by atoms with Gasteiger partial charge >= 0.3 is 0 Å². The van der Waals surface area contributed by atoms with Crippen molar-refractivity contribution in [2.75, 3.05) is 17.6 Å². The Hall–Kier alpha value is -1.65. The summed E-state index contributed by atoms with van der Waals surface area (Å²) < 4.78 is 0. The molecule has 1 rings (SSSR count). The minimum Gasteiger partial charge on any atom is -0.369 e. The van der Waals surface area contributed by atoms with E-state index in [9.17, 15) is 4.79 Å². The number of aryl methyl sites for hydroxylation is 1. The van der Waals surface area contributed by atoms with Crippen LogP contribution in [0.3, 0.4) is 0 Å². The van der Waals surface area contributed by atoms with E-state index in [1.54, 1.807) is 6.92 Å². The van der Waals surface area contributed by atoms with E-state index in [-0.39, 0.29) is 5.95 Å². The average molecular weight is 222 g/mol.